The Kier molecular flexibility index (Phi) is 10.5. The quantitative estimate of drug-likeness (QED) is 0.198. The maximum Gasteiger partial charge on any atom is 0.153 e. The highest BCUT2D eigenvalue weighted by atomic mass is 15.1. The first-order valence-electron chi connectivity index (χ1n) is 15.4. The molecule has 1 heteroatoms. The molecule has 0 amide bonds. The van der Waals surface area contributed by atoms with Crippen LogP contribution in [0.2, 0.25) is 0 Å². The van der Waals surface area contributed by atoms with Gasteiger partial charge in [-0.05, 0) is 54.2 Å². The third-order valence-corrected chi connectivity index (χ3v) is 10.1. The van der Waals surface area contributed by atoms with E-state index in [4.69, 9.17) is 0 Å². The third-order valence-electron chi connectivity index (χ3n) is 10.1. The summed E-state index contributed by atoms with van der Waals surface area (Å²) in [6, 6.07) is 0.764. The predicted octanol–water partition coefficient (Wildman–Crippen LogP) is 10.6. The Morgan fingerprint density at radius 3 is 2.11 bits per heavy atom. The van der Waals surface area contributed by atoms with Crippen LogP contribution in [-0.2, 0) is 0 Å². The molecule has 0 saturated heterocycles. The van der Waals surface area contributed by atoms with Gasteiger partial charge in [-0.25, -0.2) is 4.58 Å². The number of hydrogen-bond donors (Lipinski definition) is 0. The van der Waals surface area contributed by atoms with Crippen LogP contribution >= 0.6 is 0 Å². The van der Waals surface area contributed by atoms with Gasteiger partial charge >= 0.3 is 0 Å². The standard InChI is InChI=1S/C35H62N/c1-14-17-21-35(13)24-31(33(8,9)10)32(25(4)16-3)30(23-26(35)5)34(11,12)27(6)28(7)36(22-15-2)29-19-18-20-29/h23-25,27,29H,14-22H2,1-13H3/q+1. The molecular formula is C35H62N+. The lowest BCUT2D eigenvalue weighted by Crippen LogP contribution is -2.42. The van der Waals surface area contributed by atoms with Crippen LogP contribution in [0.15, 0.2) is 34.4 Å². The minimum absolute atomic E-state index is 0.0557. The highest BCUT2D eigenvalue weighted by molar-refractivity contribution is 5.81. The molecule has 0 bridgehead atoms. The molecule has 0 aliphatic heterocycles. The second-order valence-corrected chi connectivity index (χ2v) is 14.2. The Hall–Kier alpha value is -1.11. The Morgan fingerprint density at radius 1 is 1.06 bits per heavy atom. The molecule has 0 N–H and O–H groups in total. The lowest BCUT2D eigenvalue weighted by molar-refractivity contribution is -0.581. The van der Waals surface area contributed by atoms with Crippen molar-refractivity contribution >= 4 is 5.71 Å². The second kappa shape index (κ2) is 12.2. The summed E-state index contributed by atoms with van der Waals surface area (Å²) in [5.41, 5.74) is 8.29. The van der Waals surface area contributed by atoms with Crippen molar-refractivity contribution in [3.8, 4) is 0 Å². The van der Waals surface area contributed by atoms with Gasteiger partial charge in [0.2, 0.25) is 0 Å². The lowest BCUT2D eigenvalue weighted by Gasteiger charge is -2.39. The molecule has 1 saturated carbocycles. The van der Waals surface area contributed by atoms with Crippen LogP contribution in [0.25, 0.3) is 0 Å². The van der Waals surface area contributed by atoms with E-state index in [-0.39, 0.29) is 16.2 Å². The van der Waals surface area contributed by atoms with Crippen molar-refractivity contribution in [2.45, 2.75) is 147 Å². The molecule has 0 spiro atoms. The SMILES string of the molecule is CCCCC1(C)C=C(C(C)(C)C)C(C(C)CC)=C(C(C)(C)C(C)C(C)=[N+](CCC)C2CCC2)C=C1C. The molecule has 1 fully saturated rings. The Morgan fingerprint density at radius 2 is 1.67 bits per heavy atom. The lowest BCUT2D eigenvalue weighted by atomic mass is 9.65. The monoisotopic (exact) mass is 496 g/mol. The highest BCUT2D eigenvalue weighted by Crippen LogP contribution is 2.51. The van der Waals surface area contributed by atoms with Crippen molar-refractivity contribution in [3.05, 3.63) is 34.4 Å². The van der Waals surface area contributed by atoms with Gasteiger partial charge in [0.1, 0.15) is 6.54 Å². The third kappa shape index (κ3) is 6.47. The summed E-state index contributed by atoms with van der Waals surface area (Å²) >= 11 is 0. The normalized spacial score (nSPS) is 24.5. The van der Waals surface area contributed by atoms with E-state index in [1.54, 1.807) is 28.0 Å². The number of unbranched alkanes of at least 4 members (excludes halogenated alkanes) is 1. The molecule has 2 aliphatic carbocycles. The summed E-state index contributed by atoms with van der Waals surface area (Å²) in [5, 5.41) is 0. The van der Waals surface area contributed by atoms with Crippen LogP contribution < -0.4 is 0 Å². The molecule has 3 atom stereocenters. The first-order chi connectivity index (χ1) is 16.7. The van der Waals surface area contributed by atoms with Gasteiger partial charge in [0.05, 0.1) is 0 Å². The van der Waals surface area contributed by atoms with Crippen molar-refractivity contribution in [1.29, 1.82) is 0 Å². The van der Waals surface area contributed by atoms with Crippen molar-refractivity contribution < 1.29 is 4.58 Å². The number of nitrogens with zero attached hydrogens (tertiary/aromatic N) is 1. The van der Waals surface area contributed by atoms with Gasteiger partial charge in [-0.3, -0.25) is 0 Å². The van der Waals surface area contributed by atoms with Gasteiger partial charge in [-0.15, -0.1) is 0 Å². The fourth-order valence-corrected chi connectivity index (χ4v) is 6.41. The van der Waals surface area contributed by atoms with E-state index in [1.165, 1.54) is 57.9 Å². The van der Waals surface area contributed by atoms with Crippen molar-refractivity contribution in [2.75, 3.05) is 6.54 Å². The number of rotatable bonds is 11. The van der Waals surface area contributed by atoms with E-state index in [9.17, 15) is 0 Å². The molecule has 2 aliphatic rings. The summed E-state index contributed by atoms with van der Waals surface area (Å²) in [6.07, 6.45) is 15.7. The first kappa shape index (κ1) is 31.1. The number of hydrogen-bond acceptors (Lipinski definition) is 0. The van der Waals surface area contributed by atoms with Crippen LogP contribution in [-0.4, -0.2) is 22.9 Å². The van der Waals surface area contributed by atoms with Crippen LogP contribution in [0.5, 0.6) is 0 Å². The molecule has 36 heavy (non-hydrogen) atoms. The molecule has 2 rings (SSSR count). The van der Waals surface area contributed by atoms with Crippen molar-refractivity contribution in [2.24, 2.45) is 28.1 Å². The van der Waals surface area contributed by atoms with Crippen molar-refractivity contribution in [1.82, 2.24) is 0 Å². The largest absolute Gasteiger partial charge is 0.234 e. The summed E-state index contributed by atoms with van der Waals surface area (Å²) in [7, 11) is 0. The van der Waals surface area contributed by atoms with Gasteiger partial charge in [-0.1, -0.05) is 107 Å². The predicted molar refractivity (Wildman–Crippen MR) is 162 cm³/mol. The maximum absolute atomic E-state index is 2.79. The van der Waals surface area contributed by atoms with Gasteiger partial charge < -0.3 is 0 Å². The summed E-state index contributed by atoms with van der Waals surface area (Å²) in [4.78, 5) is 0. The first-order valence-corrected chi connectivity index (χ1v) is 15.4. The topological polar surface area (TPSA) is 3.01 Å². The van der Waals surface area contributed by atoms with Gasteiger partial charge in [0.25, 0.3) is 0 Å². The van der Waals surface area contributed by atoms with Crippen LogP contribution in [0.4, 0.5) is 0 Å². The van der Waals surface area contributed by atoms with E-state index in [0.717, 1.165) is 6.04 Å². The van der Waals surface area contributed by atoms with Crippen LogP contribution in [0.3, 0.4) is 0 Å². The van der Waals surface area contributed by atoms with E-state index < -0.39 is 0 Å². The zero-order chi connectivity index (χ0) is 27.5. The van der Waals surface area contributed by atoms with Crippen LogP contribution in [0.1, 0.15) is 141 Å². The molecule has 206 valence electrons. The molecule has 0 aromatic rings. The molecule has 0 aromatic carbocycles. The summed E-state index contributed by atoms with van der Waals surface area (Å²) in [6.45, 7) is 33.0. The van der Waals surface area contributed by atoms with Crippen LogP contribution in [0, 0.1) is 28.1 Å². The zero-order valence-corrected chi connectivity index (χ0v) is 26.7. The molecule has 0 aromatic heterocycles. The zero-order valence-electron chi connectivity index (χ0n) is 26.7. The summed E-state index contributed by atoms with van der Waals surface area (Å²) in [5.74, 6) is 1.04. The molecule has 0 heterocycles. The fourth-order valence-electron chi connectivity index (χ4n) is 6.41. The van der Waals surface area contributed by atoms with Gasteiger partial charge in [0.15, 0.2) is 11.8 Å². The fraction of sp³-hybridized carbons (Fsp3) is 0.800. The Labute approximate surface area is 226 Å². The van der Waals surface area contributed by atoms with Crippen molar-refractivity contribution in [3.63, 3.8) is 0 Å². The summed E-state index contributed by atoms with van der Waals surface area (Å²) < 4.78 is 2.79. The maximum atomic E-state index is 2.79. The molecular weight excluding hydrogens is 434 g/mol. The number of allylic oxidation sites excluding steroid dienone is 6. The minimum Gasteiger partial charge on any atom is -0.234 e. The minimum atomic E-state index is 0.0557. The van der Waals surface area contributed by atoms with Gasteiger partial charge in [0, 0.05) is 42.9 Å². The Balaban J connectivity index is 2.82. The average Bonchev–Trinajstić information content (AvgIpc) is 2.89. The smallest absolute Gasteiger partial charge is 0.153 e. The Bertz CT molecular complexity index is 880. The molecule has 0 radical (unpaired) electrons. The van der Waals surface area contributed by atoms with E-state index >= 15 is 0 Å². The van der Waals surface area contributed by atoms with E-state index in [0.29, 0.717) is 11.8 Å². The molecule has 1 nitrogen and oxygen atoms in total. The highest BCUT2D eigenvalue weighted by Gasteiger charge is 2.42. The van der Waals surface area contributed by atoms with Gasteiger partial charge in [-0.2, -0.15) is 0 Å². The van der Waals surface area contributed by atoms with E-state index in [2.05, 4.69) is 107 Å². The molecule has 3 unspecified atom stereocenters. The van der Waals surface area contributed by atoms with E-state index in [1.807, 2.05) is 0 Å². The second-order valence-electron chi connectivity index (χ2n) is 14.2. The average molecular weight is 497 g/mol.